The van der Waals surface area contributed by atoms with Gasteiger partial charge in [0.05, 0.1) is 29.3 Å². The number of ether oxygens (including phenoxy) is 1. The van der Waals surface area contributed by atoms with Crippen molar-refractivity contribution in [1.29, 1.82) is 0 Å². The number of pyridine rings is 1. The van der Waals surface area contributed by atoms with E-state index >= 15 is 0 Å². The molecule has 4 heterocycles. The van der Waals surface area contributed by atoms with Gasteiger partial charge in [0.1, 0.15) is 23.1 Å². The van der Waals surface area contributed by atoms with Gasteiger partial charge in [0.2, 0.25) is 5.95 Å². The minimum absolute atomic E-state index is 0.139. The van der Waals surface area contributed by atoms with Crippen molar-refractivity contribution in [3.05, 3.63) is 60.1 Å². The highest BCUT2D eigenvalue weighted by atomic mass is 32.1. The van der Waals surface area contributed by atoms with E-state index in [1.165, 1.54) is 17.8 Å². The molecule has 1 N–H and O–H groups in total. The lowest BCUT2D eigenvalue weighted by molar-refractivity contribution is 0.120. The van der Waals surface area contributed by atoms with Crippen LogP contribution in [0, 0.1) is 11.8 Å². The van der Waals surface area contributed by atoms with Gasteiger partial charge in [0.25, 0.3) is 0 Å². The van der Waals surface area contributed by atoms with E-state index in [9.17, 15) is 8.78 Å². The van der Waals surface area contributed by atoms with Gasteiger partial charge in [0, 0.05) is 30.4 Å². The van der Waals surface area contributed by atoms with Crippen LogP contribution in [0.3, 0.4) is 0 Å². The Labute approximate surface area is 205 Å². The Kier molecular flexibility index (Phi) is 6.69. The van der Waals surface area contributed by atoms with Gasteiger partial charge in [-0.2, -0.15) is 14.6 Å². The molecule has 0 saturated heterocycles. The Morgan fingerprint density at radius 2 is 2.00 bits per heavy atom. The van der Waals surface area contributed by atoms with Crippen LogP contribution < -0.4 is 5.32 Å². The van der Waals surface area contributed by atoms with E-state index in [4.69, 9.17) is 4.74 Å². The third kappa shape index (κ3) is 5.01. The smallest absolute Gasteiger partial charge is 0.213 e. The maximum Gasteiger partial charge on any atom is 0.213 e. The molecular formula is C24H25F2N7OS. The van der Waals surface area contributed by atoms with Crippen LogP contribution in [-0.2, 0) is 11.5 Å². The second-order valence-corrected chi connectivity index (χ2v) is 9.31. The zero-order valence-corrected chi connectivity index (χ0v) is 20.1. The SMILES string of the molecule is C=C(Nc1cn(C2CCCCC2)nc1-c1nc(F)ccc1F)c1csc(-c2cnn(COC)c2)n1. The van der Waals surface area contributed by atoms with Crippen molar-refractivity contribution in [1.82, 2.24) is 29.5 Å². The van der Waals surface area contributed by atoms with Gasteiger partial charge in [-0.1, -0.05) is 25.8 Å². The van der Waals surface area contributed by atoms with Crippen molar-refractivity contribution in [3.8, 4) is 22.0 Å². The number of thiazole rings is 1. The van der Waals surface area contributed by atoms with Crippen LogP contribution in [0.1, 0.15) is 43.8 Å². The minimum Gasteiger partial charge on any atom is -0.362 e. The molecule has 1 fully saturated rings. The van der Waals surface area contributed by atoms with Crippen LogP contribution in [0.5, 0.6) is 0 Å². The number of hydrogen-bond acceptors (Lipinski definition) is 7. The van der Waals surface area contributed by atoms with E-state index in [2.05, 4.69) is 32.1 Å². The summed E-state index contributed by atoms with van der Waals surface area (Å²) < 4.78 is 37.1. The highest BCUT2D eigenvalue weighted by molar-refractivity contribution is 7.13. The molecule has 4 aromatic heterocycles. The predicted molar refractivity (Wildman–Crippen MR) is 130 cm³/mol. The average Bonchev–Trinajstić information content (AvgIpc) is 3.61. The summed E-state index contributed by atoms with van der Waals surface area (Å²) in [6, 6.07) is 2.26. The Morgan fingerprint density at radius 1 is 1.17 bits per heavy atom. The third-order valence-corrected chi connectivity index (χ3v) is 6.85. The molecular weight excluding hydrogens is 472 g/mol. The fourth-order valence-electron chi connectivity index (χ4n) is 4.22. The molecule has 4 aromatic rings. The number of rotatable bonds is 8. The van der Waals surface area contributed by atoms with Crippen LogP contribution in [0.2, 0.25) is 0 Å². The lowest BCUT2D eigenvalue weighted by atomic mass is 9.96. The van der Waals surface area contributed by atoms with E-state index in [-0.39, 0.29) is 17.4 Å². The topological polar surface area (TPSA) is 82.7 Å². The molecule has 0 aromatic carbocycles. The van der Waals surface area contributed by atoms with Crippen molar-refractivity contribution in [2.75, 3.05) is 12.4 Å². The Morgan fingerprint density at radius 3 is 2.80 bits per heavy atom. The van der Waals surface area contributed by atoms with E-state index in [0.717, 1.165) is 48.4 Å². The highest BCUT2D eigenvalue weighted by Crippen LogP contribution is 2.35. The molecule has 8 nitrogen and oxygen atoms in total. The van der Waals surface area contributed by atoms with Crippen molar-refractivity contribution in [2.45, 2.75) is 44.9 Å². The summed E-state index contributed by atoms with van der Waals surface area (Å²) in [4.78, 5) is 8.45. The summed E-state index contributed by atoms with van der Waals surface area (Å²) in [6.45, 7) is 4.48. The van der Waals surface area contributed by atoms with E-state index in [1.807, 2.05) is 22.5 Å². The molecule has 0 spiro atoms. The molecule has 0 amide bonds. The number of halogens is 2. The number of anilines is 1. The first-order chi connectivity index (χ1) is 17.0. The lowest BCUT2D eigenvalue weighted by Crippen LogP contribution is -2.13. The minimum atomic E-state index is -0.767. The van der Waals surface area contributed by atoms with Gasteiger partial charge < -0.3 is 10.1 Å². The van der Waals surface area contributed by atoms with Gasteiger partial charge in [-0.05, 0) is 25.0 Å². The Hall–Kier alpha value is -3.44. The van der Waals surface area contributed by atoms with Gasteiger partial charge in [0.15, 0.2) is 5.82 Å². The normalized spacial score (nSPS) is 14.4. The number of hydrogen-bond donors (Lipinski definition) is 1. The monoisotopic (exact) mass is 497 g/mol. The summed E-state index contributed by atoms with van der Waals surface area (Å²) in [5, 5.41) is 14.8. The molecule has 35 heavy (non-hydrogen) atoms. The first kappa shape index (κ1) is 23.3. The molecule has 0 atom stereocenters. The van der Waals surface area contributed by atoms with Crippen LogP contribution in [0.4, 0.5) is 14.5 Å². The highest BCUT2D eigenvalue weighted by Gasteiger charge is 2.23. The van der Waals surface area contributed by atoms with Gasteiger partial charge in [-0.15, -0.1) is 11.3 Å². The van der Waals surface area contributed by atoms with Crippen molar-refractivity contribution >= 4 is 22.7 Å². The zero-order chi connectivity index (χ0) is 24.4. The van der Waals surface area contributed by atoms with Crippen LogP contribution >= 0.6 is 11.3 Å². The summed E-state index contributed by atoms with van der Waals surface area (Å²) in [5.74, 6) is -1.41. The van der Waals surface area contributed by atoms with Gasteiger partial charge in [-0.25, -0.2) is 19.0 Å². The van der Waals surface area contributed by atoms with Crippen LogP contribution in [0.15, 0.2) is 42.7 Å². The average molecular weight is 498 g/mol. The lowest BCUT2D eigenvalue weighted by Gasteiger charge is -2.21. The Balaban J connectivity index is 1.43. The number of methoxy groups -OCH3 is 1. The Bertz CT molecular complexity index is 1340. The maximum atomic E-state index is 14.6. The zero-order valence-electron chi connectivity index (χ0n) is 19.2. The largest absolute Gasteiger partial charge is 0.362 e. The van der Waals surface area contributed by atoms with E-state index in [1.54, 1.807) is 18.0 Å². The number of aromatic nitrogens is 6. The van der Waals surface area contributed by atoms with Crippen molar-refractivity contribution in [3.63, 3.8) is 0 Å². The first-order valence-corrected chi connectivity index (χ1v) is 12.2. The summed E-state index contributed by atoms with van der Waals surface area (Å²) in [7, 11) is 1.61. The molecule has 1 saturated carbocycles. The van der Waals surface area contributed by atoms with E-state index < -0.39 is 11.8 Å². The van der Waals surface area contributed by atoms with Gasteiger partial charge in [-0.3, -0.25) is 4.68 Å². The summed E-state index contributed by atoms with van der Waals surface area (Å²) >= 11 is 1.46. The standard InChI is InChI=1S/C24H25F2N7OS/c1-15(20-13-35-24(29-20)16-10-27-32(11-16)14-34-2)28-19-12-33(17-6-4-3-5-7-17)31-23(19)22-18(25)8-9-21(26)30-22/h8-13,17,28H,1,3-7,14H2,2H3. The second kappa shape index (κ2) is 10.0. The fraction of sp³-hybridized carbons (Fsp3) is 0.333. The molecule has 1 aliphatic carbocycles. The van der Waals surface area contributed by atoms with Crippen LogP contribution in [0.25, 0.3) is 27.7 Å². The summed E-state index contributed by atoms with van der Waals surface area (Å²) in [6.07, 6.45) is 10.8. The molecule has 0 aliphatic heterocycles. The predicted octanol–water partition coefficient (Wildman–Crippen LogP) is 5.74. The molecule has 0 radical (unpaired) electrons. The molecule has 0 bridgehead atoms. The van der Waals surface area contributed by atoms with Crippen molar-refractivity contribution < 1.29 is 13.5 Å². The third-order valence-electron chi connectivity index (χ3n) is 5.96. The molecule has 11 heteroatoms. The number of nitrogens with zero attached hydrogens (tertiary/aromatic N) is 6. The quantitative estimate of drug-likeness (QED) is 0.313. The molecule has 182 valence electrons. The van der Waals surface area contributed by atoms with Crippen LogP contribution in [-0.4, -0.2) is 36.6 Å². The molecule has 0 unspecified atom stereocenters. The molecule has 1 aliphatic rings. The number of nitrogens with one attached hydrogen (secondary N) is 1. The first-order valence-electron chi connectivity index (χ1n) is 11.4. The fourth-order valence-corrected chi connectivity index (χ4v) is 5.03. The van der Waals surface area contributed by atoms with E-state index in [0.29, 0.717) is 23.8 Å². The second-order valence-electron chi connectivity index (χ2n) is 8.46. The maximum absolute atomic E-state index is 14.6. The van der Waals surface area contributed by atoms with Crippen molar-refractivity contribution in [2.24, 2.45) is 0 Å². The van der Waals surface area contributed by atoms with Gasteiger partial charge >= 0.3 is 0 Å². The summed E-state index contributed by atoms with van der Waals surface area (Å²) in [5.41, 5.74) is 2.61. The molecule has 5 rings (SSSR count).